The SMILES string of the molecule is C#CN/C(C)=C\C=N/C. The van der Waals surface area contributed by atoms with Crippen molar-refractivity contribution >= 4 is 6.21 Å². The highest BCUT2D eigenvalue weighted by Gasteiger charge is 1.76. The van der Waals surface area contributed by atoms with Gasteiger partial charge < -0.3 is 5.32 Å². The lowest BCUT2D eigenvalue weighted by Gasteiger charge is -1.91. The lowest BCUT2D eigenvalue weighted by Crippen LogP contribution is -2.00. The van der Waals surface area contributed by atoms with E-state index in [1.807, 2.05) is 6.92 Å². The van der Waals surface area contributed by atoms with Crippen molar-refractivity contribution < 1.29 is 0 Å². The summed E-state index contributed by atoms with van der Waals surface area (Å²) in [7, 11) is 1.71. The zero-order valence-corrected chi connectivity index (χ0v) is 5.68. The van der Waals surface area contributed by atoms with Crippen LogP contribution in [0, 0.1) is 12.5 Å². The Morgan fingerprint density at radius 2 is 2.44 bits per heavy atom. The van der Waals surface area contributed by atoms with Gasteiger partial charge in [0.15, 0.2) is 0 Å². The van der Waals surface area contributed by atoms with Gasteiger partial charge in [-0.05, 0) is 13.0 Å². The van der Waals surface area contributed by atoms with Crippen LogP contribution in [0.25, 0.3) is 0 Å². The largest absolute Gasteiger partial charge is 0.319 e. The summed E-state index contributed by atoms with van der Waals surface area (Å²) in [6.45, 7) is 1.88. The smallest absolute Gasteiger partial charge is 0.0277 e. The van der Waals surface area contributed by atoms with Crippen LogP contribution in [0.15, 0.2) is 16.8 Å². The monoisotopic (exact) mass is 122 g/mol. The molecule has 0 aromatic rings. The minimum Gasteiger partial charge on any atom is -0.319 e. The number of aliphatic imine (C=N–C) groups is 1. The van der Waals surface area contributed by atoms with Gasteiger partial charge in [0.05, 0.1) is 0 Å². The molecule has 2 heteroatoms. The fraction of sp³-hybridized carbons (Fsp3) is 0.286. The van der Waals surface area contributed by atoms with Crippen LogP contribution in [0.3, 0.4) is 0 Å². The van der Waals surface area contributed by atoms with Gasteiger partial charge in [-0.1, -0.05) is 6.42 Å². The molecular formula is C7H10N2. The second-order valence-corrected chi connectivity index (χ2v) is 1.53. The fourth-order valence-corrected chi connectivity index (χ4v) is 0.342. The predicted molar refractivity (Wildman–Crippen MR) is 40.1 cm³/mol. The molecule has 0 aliphatic carbocycles. The van der Waals surface area contributed by atoms with Crippen LogP contribution in [-0.2, 0) is 0 Å². The second-order valence-electron chi connectivity index (χ2n) is 1.53. The first-order chi connectivity index (χ1) is 4.31. The molecule has 0 bridgehead atoms. The van der Waals surface area contributed by atoms with Crippen LogP contribution in [0.2, 0.25) is 0 Å². The Labute approximate surface area is 55.7 Å². The van der Waals surface area contributed by atoms with Crippen LogP contribution in [0.4, 0.5) is 0 Å². The number of hydrogen-bond donors (Lipinski definition) is 1. The standard InChI is InChI=1S/C7H10N2/c1-4-9-7(2)5-6-8-3/h1,5-6,9H,2-3H3/b7-5-,8-6-. The molecular weight excluding hydrogens is 112 g/mol. The summed E-state index contributed by atoms with van der Waals surface area (Å²) in [6.07, 6.45) is 8.44. The maximum Gasteiger partial charge on any atom is 0.0277 e. The third-order valence-corrected chi connectivity index (χ3v) is 0.743. The molecule has 0 radical (unpaired) electrons. The van der Waals surface area contributed by atoms with E-state index >= 15 is 0 Å². The normalized spacial score (nSPS) is 11.4. The summed E-state index contributed by atoms with van der Waals surface area (Å²) in [6, 6.07) is 2.30. The van der Waals surface area contributed by atoms with Gasteiger partial charge >= 0.3 is 0 Å². The molecule has 0 heterocycles. The molecule has 0 amide bonds. The average Bonchev–Trinajstić information content (AvgIpc) is 1.85. The van der Waals surface area contributed by atoms with Gasteiger partial charge in [0, 0.05) is 25.0 Å². The highest BCUT2D eigenvalue weighted by Crippen LogP contribution is 1.79. The maximum absolute atomic E-state index is 4.95. The molecule has 0 aromatic carbocycles. The summed E-state index contributed by atoms with van der Waals surface area (Å²) in [5.41, 5.74) is 0.920. The van der Waals surface area contributed by atoms with Gasteiger partial charge in [-0.3, -0.25) is 4.99 Å². The van der Waals surface area contributed by atoms with Crippen molar-refractivity contribution in [3.8, 4) is 12.5 Å². The summed E-state index contributed by atoms with van der Waals surface area (Å²) < 4.78 is 0. The van der Waals surface area contributed by atoms with Crippen molar-refractivity contribution in [3.05, 3.63) is 11.8 Å². The quantitative estimate of drug-likeness (QED) is 0.326. The van der Waals surface area contributed by atoms with Crippen molar-refractivity contribution in [1.82, 2.24) is 5.32 Å². The van der Waals surface area contributed by atoms with Crippen molar-refractivity contribution in [2.75, 3.05) is 7.05 Å². The van der Waals surface area contributed by atoms with Gasteiger partial charge in [-0.25, -0.2) is 0 Å². The number of hydrogen-bond acceptors (Lipinski definition) is 2. The van der Waals surface area contributed by atoms with E-state index in [1.54, 1.807) is 19.3 Å². The van der Waals surface area contributed by atoms with Crippen molar-refractivity contribution in [2.24, 2.45) is 4.99 Å². The molecule has 0 spiro atoms. The van der Waals surface area contributed by atoms with E-state index in [1.165, 1.54) is 0 Å². The van der Waals surface area contributed by atoms with E-state index in [2.05, 4.69) is 16.4 Å². The van der Waals surface area contributed by atoms with Gasteiger partial charge in [0.25, 0.3) is 0 Å². The van der Waals surface area contributed by atoms with Gasteiger partial charge in [0.1, 0.15) is 0 Å². The van der Waals surface area contributed by atoms with E-state index in [0.717, 1.165) is 5.70 Å². The molecule has 0 aromatic heterocycles. The zero-order chi connectivity index (χ0) is 7.11. The van der Waals surface area contributed by atoms with E-state index in [9.17, 15) is 0 Å². The third kappa shape index (κ3) is 4.63. The summed E-state index contributed by atoms with van der Waals surface area (Å²) in [4.78, 5) is 3.75. The van der Waals surface area contributed by atoms with Crippen molar-refractivity contribution in [3.63, 3.8) is 0 Å². The molecule has 0 rings (SSSR count). The minimum atomic E-state index is 0.920. The molecule has 1 N–H and O–H groups in total. The Balaban J connectivity index is 3.72. The number of allylic oxidation sites excluding steroid dienone is 2. The molecule has 2 nitrogen and oxygen atoms in total. The Morgan fingerprint density at radius 3 is 2.89 bits per heavy atom. The van der Waals surface area contributed by atoms with Crippen LogP contribution >= 0.6 is 0 Å². The summed E-state index contributed by atoms with van der Waals surface area (Å²) in [5, 5.41) is 2.68. The Hall–Kier alpha value is -1.23. The number of rotatable bonds is 2. The predicted octanol–water partition coefficient (Wildman–Crippen LogP) is 0.771. The molecule has 0 aliphatic heterocycles. The topological polar surface area (TPSA) is 24.4 Å². The lowest BCUT2D eigenvalue weighted by molar-refractivity contribution is 1.11. The number of nitrogens with one attached hydrogen (secondary N) is 1. The van der Waals surface area contributed by atoms with Crippen LogP contribution < -0.4 is 5.32 Å². The molecule has 0 fully saturated rings. The van der Waals surface area contributed by atoms with Crippen LogP contribution in [0.1, 0.15) is 6.92 Å². The molecule has 0 unspecified atom stereocenters. The first-order valence-corrected chi connectivity index (χ1v) is 2.62. The highest BCUT2D eigenvalue weighted by atomic mass is 14.8. The van der Waals surface area contributed by atoms with E-state index < -0.39 is 0 Å². The maximum atomic E-state index is 4.95. The molecule has 0 saturated carbocycles. The molecule has 0 saturated heterocycles. The number of terminal acetylenes is 1. The zero-order valence-electron chi connectivity index (χ0n) is 5.68. The van der Waals surface area contributed by atoms with Gasteiger partial charge in [-0.15, -0.1) is 0 Å². The molecule has 0 atom stereocenters. The van der Waals surface area contributed by atoms with E-state index in [-0.39, 0.29) is 0 Å². The molecule has 0 aliphatic rings. The van der Waals surface area contributed by atoms with Crippen LogP contribution in [0.5, 0.6) is 0 Å². The van der Waals surface area contributed by atoms with Crippen molar-refractivity contribution in [2.45, 2.75) is 6.92 Å². The van der Waals surface area contributed by atoms with Gasteiger partial charge in [-0.2, -0.15) is 0 Å². The average molecular weight is 122 g/mol. The third-order valence-electron chi connectivity index (χ3n) is 0.743. The molecule has 9 heavy (non-hydrogen) atoms. The first-order valence-electron chi connectivity index (χ1n) is 2.62. The van der Waals surface area contributed by atoms with Crippen LogP contribution in [-0.4, -0.2) is 13.3 Å². The molecule has 48 valence electrons. The fourth-order valence-electron chi connectivity index (χ4n) is 0.342. The Kier molecular flexibility index (Phi) is 4.25. The minimum absolute atomic E-state index is 0.920. The summed E-state index contributed by atoms with van der Waals surface area (Å²) >= 11 is 0. The van der Waals surface area contributed by atoms with Gasteiger partial charge in [0.2, 0.25) is 0 Å². The highest BCUT2D eigenvalue weighted by molar-refractivity contribution is 5.71. The number of nitrogens with zero attached hydrogens (tertiary/aromatic N) is 1. The Morgan fingerprint density at radius 1 is 1.78 bits per heavy atom. The second kappa shape index (κ2) is 4.92. The Bertz CT molecular complexity index is 160. The summed E-state index contributed by atoms with van der Waals surface area (Å²) in [5.74, 6) is 0. The first kappa shape index (κ1) is 7.77. The van der Waals surface area contributed by atoms with E-state index in [4.69, 9.17) is 6.42 Å². The van der Waals surface area contributed by atoms with E-state index in [0.29, 0.717) is 0 Å². The van der Waals surface area contributed by atoms with Crippen molar-refractivity contribution in [1.29, 1.82) is 0 Å². The lowest BCUT2D eigenvalue weighted by atomic mass is 10.4.